The number of hydrogen-bond donors (Lipinski definition) is 0. The largest absolute Gasteiger partial charge is 0.474 e. The molecule has 0 aromatic heterocycles. The summed E-state index contributed by atoms with van der Waals surface area (Å²) in [6, 6.07) is 23.9. The molecule has 0 N–H and O–H groups in total. The molecule has 0 spiro atoms. The Labute approximate surface area is 238 Å². The molecule has 0 amide bonds. The third kappa shape index (κ3) is 5.43. The summed E-state index contributed by atoms with van der Waals surface area (Å²) in [5.74, 6) is 2.92. The van der Waals surface area contributed by atoms with E-state index in [1.54, 1.807) is 0 Å². The minimum Gasteiger partial charge on any atom is -0.474 e. The van der Waals surface area contributed by atoms with E-state index >= 15 is 0 Å². The Bertz CT molecular complexity index is 1520. The average molecular weight is 530 g/mol. The Morgan fingerprint density at radius 3 is 2.62 bits per heavy atom. The Hall–Kier alpha value is -3.84. The van der Waals surface area contributed by atoms with Crippen LogP contribution in [0.5, 0.6) is 0 Å². The molecule has 3 aliphatic rings. The Morgan fingerprint density at radius 1 is 1.07 bits per heavy atom. The number of hydrogen-bond acceptors (Lipinski definition) is 4. The minimum absolute atomic E-state index is 0.231. The predicted octanol–water partition coefficient (Wildman–Crippen LogP) is 8.45. The van der Waals surface area contributed by atoms with Crippen LogP contribution in [0.25, 0.3) is 21.9 Å². The summed E-state index contributed by atoms with van der Waals surface area (Å²) in [5.41, 5.74) is 5.43. The van der Waals surface area contributed by atoms with Crippen LogP contribution in [-0.2, 0) is 4.74 Å². The molecule has 3 unspecified atom stereocenters. The molecule has 1 aliphatic carbocycles. The average Bonchev–Trinajstić information content (AvgIpc) is 3.75. The van der Waals surface area contributed by atoms with Crippen molar-refractivity contribution >= 4 is 17.0 Å². The summed E-state index contributed by atoms with van der Waals surface area (Å²) < 4.78 is 6.07. The van der Waals surface area contributed by atoms with E-state index in [9.17, 15) is 5.26 Å². The Morgan fingerprint density at radius 2 is 1.85 bits per heavy atom. The van der Waals surface area contributed by atoms with Gasteiger partial charge in [-0.15, -0.1) is 0 Å². The lowest BCUT2D eigenvalue weighted by Crippen LogP contribution is -2.36. The Kier molecular flexibility index (Phi) is 7.00. The molecule has 0 bridgehead atoms. The zero-order valence-corrected chi connectivity index (χ0v) is 23.9. The SMILES string of the molecule is C=C(OC(C)(C)C)N1CCC(CC(C2=CN=CC3CC23)c2ccc(C#N)c(-c3cccc4ccccc34)c2)CC1. The van der Waals surface area contributed by atoms with Gasteiger partial charge >= 0.3 is 0 Å². The summed E-state index contributed by atoms with van der Waals surface area (Å²) >= 11 is 0. The molecule has 0 radical (unpaired) electrons. The van der Waals surface area contributed by atoms with Crippen LogP contribution in [-0.4, -0.2) is 29.8 Å². The highest BCUT2D eigenvalue weighted by Crippen LogP contribution is 2.52. The van der Waals surface area contributed by atoms with Gasteiger partial charge in [0.05, 0.1) is 11.6 Å². The molecule has 1 saturated carbocycles. The van der Waals surface area contributed by atoms with E-state index in [1.807, 2.05) is 6.07 Å². The van der Waals surface area contributed by atoms with Crippen molar-refractivity contribution in [3.8, 4) is 17.2 Å². The summed E-state index contributed by atoms with van der Waals surface area (Å²) in [6.45, 7) is 12.4. The van der Waals surface area contributed by atoms with Crippen LogP contribution < -0.4 is 0 Å². The van der Waals surface area contributed by atoms with Crippen molar-refractivity contribution in [2.75, 3.05) is 13.1 Å². The second kappa shape index (κ2) is 10.6. The van der Waals surface area contributed by atoms with Gasteiger partial charge in [-0.2, -0.15) is 5.26 Å². The van der Waals surface area contributed by atoms with Crippen molar-refractivity contribution in [1.82, 2.24) is 4.90 Å². The summed E-state index contributed by atoms with van der Waals surface area (Å²) in [4.78, 5) is 6.97. The van der Waals surface area contributed by atoms with Gasteiger partial charge in [-0.3, -0.25) is 4.99 Å². The molecule has 2 heterocycles. The van der Waals surface area contributed by atoms with Gasteiger partial charge < -0.3 is 9.64 Å². The van der Waals surface area contributed by atoms with Crippen LogP contribution >= 0.6 is 0 Å². The van der Waals surface area contributed by atoms with E-state index in [0.717, 1.165) is 54.9 Å². The number of nitriles is 1. The summed E-state index contributed by atoms with van der Waals surface area (Å²) in [7, 11) is 0. The predicted molar refractivity (Wildman–Crippen MR) is 164 cm³/mol. The fraction of sp³-hybridized carbons (Fsp3) is 0.389. The van der Waals surface area contributed by atoms with Gasteiger partial charge in [-0.1, -0.05) is 48.5 Å². The first-order valence-corrected chi connectivity index (χ1v) is 14.7. The van der Waals surface area contributed by atoms with Crippen molar-refractivity contribution in [2.45, 2.75) is 58.0 Å². The number of ether oxygens (including phenoxy) is 1. The number of piperidine rings is 1. The molecule has 2 fully saturated rings. The molecule has 1 saturated heterocycles. The molecule has 4 heteroatoms. The third-order valence-electron chi connectivity index (χ3n) is 8.78. The van der Waals surface area contributed by atoms with E-state index in [2.05, 4.69) is 110 Å². The van der Waals surface area contributed by atoms with Crippen molar-refractivity contribution in [3.05, 3.63) is 96.0 Å². The molecule has 6 rings (SSSR count). The Balaban J connectivity index is 1.31. The first-order chi connectivity index (χ1) is 19.3. The maximum Gasteiger partial charge on any atom is 0.182 e. The molecule has 2 aliphatic heterocycles. The fourth-order valence-electron chi connectivity index (χ4n) is 6.64. The second-order valence-electron chi connectivity index (χ2n) is 12.7. The monoisotopic (exact) mass is 529 g/mol. The molecule has 40 heavy (non-hydrogen) atoms. The highest BCUT2D eigenvalue weighted by molar-refractivity contribution is 5.98. The maximum atomic E-state index is 10.1. The minimum atomic E-state index is -0.231. The molecule has 3 aromatic carbocycles. The van der Waals surface area contributed by atoms with Gasteiger partial charge in [0.2, 0.25) is 0 Å². The topological polar surface area (TPSA) is 48.6 Å². The van der Waals surface area contributed by atoms with Crippen molar-refractivity contribution in [1.29, 1.82) is 5.26 Å². The number of rotatable bonds is 7. The van der Waals surface area contributed by atoms with Gasteiger partial charge in [0.25, 0.3) is 0 Å². The van der Waals surface area contributed by atoms with E-state index in [1.165, 1.54) is 28.3 Å². The first kappa shape index (κ1) is 26.4. The van der Waals surface area contributed by atoms with Crippen LogP contribution in [0, 0.1) is 29.1 Å². The van der Waals surface area contributed by atoms with Crippen LogP contribution in [0.1, 0.15) is 63.5 Å². The van der Waals surface area contributed by atoms with Gasteiger partial charge in [0.1, 0.15) is 5.60 Å². The van der Waals surface area contributed by atoms with Crippen LogP contribution in [0.2, 0.25) is 0 Å². The van der Waals surface area contributed by atoms with Gasteiger partial charge in [-0.25, -0.2) is 0 Å². The number of benzene rings is 3. The van der Waals surface area contributed by atoms with E-state index in [4.69, 9.17) is 4.74 Å². The molecular formula is C36H39N3O. The molecule has 3 atom stereocenters. The normalized spacial score (nSPS) is 21.4. The summed E-state index contributed by atoms with van der Waals surface area (Å²) in [6.07, 6.45) is 8.83. The van der Waals surface area contributed by atoms with Crippen molar-refractivity contribution < 1.29 is 4.74 Å². The standard InChI is InChI=1S/C36H39N3O/c1-24(40-36(2,3)4)39-16-14-25(15-17-39)18-32(35-23-38-22-29-20-34(29)35)27-12-13-28(21-37)33(19-27)31-11-7-9-26-8-5-6-10-30(26)31/h5-13,19,22-23,25,29,32,34H,1,14-18,20H2,2-4H3. The van der Waals surface area contributed by atoms with Crippen molar-refractivity contribution in [3.63, 3.8) is 0 Å². The maximum absolute atomic E-state index is 10.1. The lowest BCUT2D eigenvalue weighted by molar-refractivity contribution is -0.00594. The van der Waals surface area contributed by atoms with Crippen LogP contribution in [0.15, 0.2) is 89.9 Å². The van der Waals surface area contributed by atoms with Crippen molar-refractivity contribution in [2.24, 2.45) is 22.7 Å². The molecular weight excluding hydrogens is 490 g/mol. The lowest BCUT2D eigenvalue weighted by atomic mass is 9.77. The van der Waals surface area contributed by atoms with E-state index < -0.39 is 0 Å². The van der Waals surface area contributed by atoms with E-state index in [-0.39, 0.29) is 5.60 Å². The zero-order chi connectivity index (χ0) is 27.9. The quantitative estimate of drug-likeness (QED) is 0.289. The number of allylic oxidation sites excluding steroid dienone is 1. The smallest absolute Gasteiger partial charge is 0.182 e. The number of likely N-dealkylation sites (tertiary alicyclic amines) is 1. The second-order valence-corrected chi connectivity index (χ2v) is 12.7. The van der Waals surface area contributed by atoms with Gasteiger partial charge in [-0.05, 0) is 104 Å². The van der Waals surface area contributed by atoms with Gasteiger partial charge in [0, 0.05) is 42.9 Å². The fourth-order valence-corrected chi connectivity index (χ4v) is 6.64. The highest BCUT2D eigenvalue weighted by Gasteiger charge is 2.43. The number of aliphatic imine (C=N–C) groups is 1. The third-order valence-corrected chi connectivity index (χ3v) is 8.78. The van der Waals surface area contributed by atoms with Gasteiger partial charge in [0.15, 0.2) is 5.88 Å². The summed E-state index contributed by atoms with van der Waals surface area (Å²) in [5, 5.41) is 12.5. The lowest BCUT2D eigenvalue weighted by Gasteiger charge is -2.38. The molecule has 204 valence electrons. The molecule has 3 aromatic rings. The van der Waals surface area contributed by atoms with Crippen LogP contribution in [0.4, 0.5) is 0 Å². The zero-order valence-electron chi connectivity index (χ0n) is 23.9. The molecule has 4 nitrogen and oxygen atoms in total. The number of nitrogens with zero attached hydrogens (tertiary/aromatic N) is 3. The first-order valence-electron chi connectivity index (χ1n) is 14.7. The van der Waals surface area contributed by atoms with Crippen LogP contribution in [0.3, 0.4) is 0 Å². The van der Waals surface area contributed by atoms with E-state index in [0.29, 0.717) is 23.7 Å². The highest BCUT2D eigenvalue weighted by atomic mass is 16.5. The number of fused-ring (bicyclic) bond motifs is 2.